The average molecular weight is 428 g/mol. The van der Waals surface area contributed by atoms with Gasteiger partial charge in [-0.25, -0.2) is 4.79 Å². The summed E-state index contributed by atoms with van der Waals surface area (Å²) in [4.78, 5) is 24.7. The minimum atomic E-state index is -0.973. The lowest BCUT2D eigenvalue weighted by atomic mass is 9.97. The predicted molar refractivity (Wildman–Crippen MR) is 119 cm³/mol. The van der Waals surface area contributed by atoms with Crippen molar-refractivity contribution in [1.82, 2.24) is 9.88 Å². The van der Waals surface area contributed by atoms with Gasteiger partial charge in [0, 0.05) is 31.6 Å². The largest absolute Gasteiger partial charge is 0.448 e. The molecule has 0 spiro atoms. The zero-order valence-corrected chi connectivity index (χ0v) is 19.0. The Morgan fingerprint density at radius 1 is 1.35 bits per heavy atom. The maximum Gasteiger partial charge on any atom is 0.349 e. The summed E-state index contributed by atoms with van der Waals surface area (Å²) >= 11 is 0. The average Bonchev–Trinajstić information content (AvgIpc) is 3.03. The van der Waals surface area contributed by atoms with Crippen molar-refractivity contribution in [3.05, 3.63) is 40.2 Å². The second kappa shape index (κ2) is 12.1. The smallest absolute Gasteiger partial charge is 0.349 e. The summed E-state index contributed by atoms with van der Waals surface area (Å²) in [6, 6.07) is 3.80. The van der Waals surface area contributed by atoms with Crippen LogP contribution in [0.3, 0.4) is 0 Å². The zero-order valence-electron chi connectivity index (χ0n) is 19.0. The van der Waals surface area contributed by atoms with E-state index < -0.39 is 12.1 Å². The molecule has 1 amide bonds. The molecule has 0 fully saturated rings. The lowest BCUT2D eigenvalue weighted by molar-refractivity contribution is -0.150. The molecule has 1 aliphatic rings. The first-order chi connectivity index (χ1) is 14.9. The summed E-state index contributed by atoms with van der Waals surface area (Å²) in [6.45, 7) is 7.16. The Morgan fingerprint density at radius 3 is 2.77 bits per heavy atom. The molecule has 7 heteroatoms. The predicted octanol–water partition coefficient (Wildman–Crippen LogP) is 3.60. The van der Waals surface area contributed by atoms with Crippen LogP contribution in [0.25, 0.3) is 6.08 Å². The van der Waals surface area contributed by atoms with Crippen molar-refractivity contribution in [1.29, 1.82) is 5.26 Å². The third-order valence-electron chi connectivity index (χ3n) is 5.56. The molecule has 1 aromatic heterocycles. The maximum atomic E-state index is 12.5. The van der Waals surface area contributed by atoms with Gasteiger partial charge in [-0.05, 0) is 70.6 Å². The number of amides is 1. The van der Waals surface area contributed by atoms with Crippen LogP contribution in [0.15, 0.2) is 23.3 Å². The molecule has 1 aliphatic carbocycles. The van der Waals surface area contributed by atoms with Crippen LogP contribution in [0.4, 0.5) is 0 Å². The number of hydrogen-bond acceptors (Lipinski definition) is 5. The Balaban J connectivity index is 1.95. The van der Waals surface area contributed by atoms with E-state index in [2.05, 4.69) is 16.0 Å². The van der Waals surface area contributed by atoms with Gasteiger partial charge < -0.3 is 19.4 Å². The Labute approximate surface area is 184 Å². The highest BCUT2D eigenvalue weighted by Gasteiger charge is 2.21. The molecule has 168 valence electrons. The first-order valence-corrected chi connectivity index (χ1v) is 10.8. The van der Waals surface area contributed by atoms with E-state index in [-0.39, 0.29) is 11.5 Å². The van der Waals surface area contributed by atoms with Crippen LogP contribution < -0.4 is 5.32 Å². The molecule has 1 N–H and O–H groups in total. The Morgan fingerprint density at radius 2 is 2.13 bits per heavy atom. The van der Waals surface area contributed by atoms with Crippen molar-refractivity contribution < 1.29 is 19.1 Å². The minimum absolute atomic E-state index is 0.140. The van der Waals surface area contributed by atoms with Crippen molar-refractivity contribution in [3.63, 3.8) is 0 Å². The van der Waals surface area contributed by atoms with Crippen molar-refractivity contribution in [3.8, 4) is 6.07 Å². The molecule has 1 atom stereocenters. The van der Waals surface area contributed by atoms with Gasteiger partial charge in [-0.2, -0.15) is 5.26 Å². The van der Waals surface area contributed by atoms with E-state index in [1.165, 1.54) is 31.4 Å². The molecular weight excluding hydrogens is 394 g/mol. The van der Waals surface area contributed by atoms with E-state index in [4.69, 9.17) is 9.47 Å². The van der Waals surface area contributed by atoms with Gasteiger partial charge in [-0.1, -0.05) is 11.6 Å². The van der Waals surface area contributed by atoms with E-state index >= 15 is 0 Å². The summed E-state index contributed by atoms with van der Waals surface area (Å²) in [7, 11) is 1.64. The SMILES string of the molecule is COCCn1c(C)cc(/C=C(\C#N)C(=O)O[C@@H](C)C(=O)NCCC2=CCCCC2)c1C. The number of allylic oxidation sites excluding steroid dienone is 1. The Bertz CT molecular complexity index is 889. The standard InChI is InChI=1S/C24H33N3O4/c1-17-14-21(18(2)27(17)12-13-30-4)15-22(16-25)24(29)31-19(3)23(28)26-11-10-20-8-6-5-7-9-20/h8,14-15,19H,5-7,9-13H2,1-4H3,(H,26,28)/b22-15+/t19-/m0/s1. The van der Waals surface area contributed by atoms with Gasteiger partial charge in [-0.3, -0.25) is 4.79 Å². The molecule has 1 heterocycles. The highest BCUT2D eigenvalue weighted by Crippen LogP contribution is 2.20. The van der Waals surface area contributed by atoms with Crippen molar-refractivity contribution in [2.24, 2.45) is 0 Å². The number of ether oxygens (including phenoxy) is 2. The van der Waals surface area contributed by atoms with Gasteiger partial charge in [0.1, 0.15) is 11.6 Å². The molecule has 0 bridgehead atoms. The number of methoxy groups -OCH3 is 1. The van der Waals surface area contributed by atoms with E-state index in [0.29, 0.717) is 19.7 Å². The summed E-state index contributed by atoms with van der Waals surface area (Å²) in [5.74, 6) is -1.17. The molecule has 0 radical (unpaired) electrons. The fourth-order valence-electron chi connectivity index (χ4n) is 3.69. The van der Waals surface area contributed by atoms with Gasteiger partial charge in [-0.15, -0.1) is 0 Å². The zero-order chi connectivity index (χ0) is 22.8. The molecular formula is C24H33N3O4. The van der Waals surface area contributed by atoms with Crippen LogP contribution in [-0.2, 0) is 25.6 Å². The summed E-state index contributed by atoms with van der Waals surface area (Å²) in [6.07, 6.45) is 8.22. The number of aromatic nitrogens is 1. The topological polar surface area (TPSA) is 93.3 Å². The summed E-state index contributed by atoms with van der Waals surface area (Å²) < 4.78 is 12.4. The Kier molecular flexibility index (Phi) is 9.54. The third-order valence-corrected chi connectivity index (χ3v) is 5.56. The molecule has 0 aliphatic heterocycles. The Hall–Kier alpha value is -2.85. The second-order valence-electron chi connectivity index (χ2n) is 7.84. The fraction of sp³-hybridized carbons (Fsp3) is 0.542. The fourth-order valence-corrected chi connectivity index (χ4v) is 3.69. The van der Waals surface area contributed by atoms with E-state index in [1.807, 2.05) is 26.0 Å². The third kappa shape index (κ3) is 7.11. The lowest BCUT2D eigenvalue weighted by Crippen LogP contribution is -2.36. The normalized spacial score (nSPS) is 15.1. The van der Waals surface area contributed by atoms with Crippen molar-refractivity contribution in [2.75, 3.05) is 20.3 Å². The van der Waals surface area contributed by atoms with Crippen LogP contribution in [0.2, 0.25) is 0 Å². The molecule has 1 aromatic rings. The highest BCUT2D eigenvalue weighted by molar-refractivity contribution is 5.99. The van der Waals surface area contributed by atoms with Crippen LogP contribution in [0.1, 0.15) is 56.0 Å². The van der Waals surface area contributed by atoms with Crippen LogP contribution in [-0.4, -0.2) is 42.8 Å². The monoisotopic (exact) mass is 427 g/mol. The van der Waals surface area contributed by atoms with E-state index in [0.717, 1.165) is 36.2 Å². The van der Waals surface area contributed by atoms with Crippen LogP contribution in [0.5, 0.6) is 0 Å². The van der Waals surface area contributed by atoms with Crippen LogP contribution in [0, 0.1) is 25.2 Å². The number of carbonyl (C=O) groups is 2. The maximum absolute atomic E-state index is 12.5. The lowest BCUT2D eigenvalue weighted by Gasteiger charge is -2.15. The number of esters is 1. The van der Waals surface area contributed by atoms with E-state index in [1.54, 1.807) is 7.11 Å². The number of nitrogens with one attached hydrogen (secondary N) is 1. The summed E-state index contributed by atoms with van der Waals surface area (Å²) in [5.41, 5.74) is 3.93. The minimum Gasteiger partial charge on any atom is -0.448 e. The van der Waals surface area contributed by atoms with Crippen molar-refractivity contribution >= 4 is 18.0 Å². The van der Waals surface area contributed by atoms with Crippen molar-refractivity contribution in [2.45, 2.75) is 65.5 Å². The molecule has 0 saturated carbocycles. The highest BCUT2D eigenvalue weighted by atomic mass is 16.5. The van der Waals surface area contributed by atoms with Crippen LogP contribution >= 0.6 is 0 Å². The molecule has 0 saturated heterocycles. The number of nitriles is 1. The van der Waals surface area contributed by atoms with Gasteiger partial charge >= 0.3 is 5.97 Å². The number of carbonyl (C=O) groups excluding carboxylic acids is 2. The molecule has 0 unspecified atom stereocenters. The first kappa shape index (κ1) is 24.4. The molecule has 31 heavy (non-hydrogen) atoms. The number of nitrogens with zero attached hydrogens (tertiary/aromatic N) is 2. The van der Waals surface area contributed by atoms with Gasteiger partial charge in [0.25, 0.3) is 5.91 Å². The number of rotatable bonds is 10. The first-order valence-electron chi connectivity index (χ1n) is 10.8. The van der Waals surface area contributed by atoms with Gasteiger partial charge in [0.05, 0.1) is 6.61 Å². The molecule has 0 aromatic carbocycles. The second-order valence-corrected chi connectivity index (χ2v) is 7.84. The van der Waals surface area contributed by atoms with Gasteiger partial charge in [0.15, 0.2) is 6.10 Å². The quantitative estimate of drug-likeness (QED) is 0.267. The number of hydrogen-bond donors (Lipinski definition) is 1. The van der Waals surface area contributed by atoms with Gasteiger partial charge in [0.2, 0.25) is 0 Å². The molecule has 2 rings (SSSR count). The number of aryl methyl sites for hydroxylation is 1. The summed E-state index contributed by atoms with van der Waals surface area (Å²) in [5, 5.41) is 12.3. The molecule has 7 nitrogen and oxygen atoms in total. The van der Waals surface area contributed by atoms with E-state index in [9.17, 15) is 14.9 Å².